The molecule has 1 fully saturated rings. The van der Waals surface area contributed by atoms with Crippen molar-refractivity contribution in [1.82, 2.24) is 19.5 Å². The molecule has 0 atom stereocenters. The first-order valence-corrected chi connectivity index (χ1v) is 11.5. The molecule has 10 heteroatoms. The quantitative estimate of drug-likeness (QED) is 0.402. The summed E-state index contributed by atoms with van der Waals surface area (Å²) in [5.41, 5.74) is 2.88. The van der Waals surface area contributed by atoms with E-state index < -0.39 is 0 Å². The number of aryl methyl sites for hydroxylation is 1. The van der Waals surface area contributed by atoms with Gasteiger partial charge in [0.15, 0.2) is 5.82 Å². The molecule has 4 aromatic rings. The van der Waals surface area contributed by atoms with Crippen molar-refractivity contribution in [2.75, 3.05) is 41.8 Å². The second-order valence-electron chi connectivity index (χ2n) is 8.27. The third-order valence-corrected chi connectivity index (χ3v) is 5.91. The molecule has 1 aliphatic heterocycles. The van der Waals surface area contributed by atoms with Crippen LogP contribution in [0.5, 0.6) is 0 Å². The number of anilines is 4. The molecular formula is C26H25N7O3. The molecule has 1 saturated heterocycles. The first-order chi connectivity index (χ1) is 17.5. The van der Waals surface area contributed by atoms with Crippen molar-refractivity contribution in [1.29, 1.82) is 0 Å². The van der Waals surface area contributed by atoms with Gasteiger partial charge in [-0.3, -0.25) is 14.2 Å². The minimum Gasteiger partial charge on any atom is -0.378 e. The molecule has 2 N–H and O–H groups in total. The van der Waals surface area contributed by atoms with Gasteiger partial charge < -0.3 is 20.3 Å². The first kappa shape index (κ1) is 23.2. The predicted molar refractivity (Wildman–Crippen MR) is 140 cm³/mol. The monoisotopic (exact) mass is 483 g/mol. The van der Waals surface area contributed by atoms with Gasteiger partial charge in [-0.1, -0.05) is 36.9 Å². The van der Waals surface area contributed by atoms with Gasteiger partial charge in [0, 0.05) is 37.3 Å². The van der Waals surface area contributed by atoms with Crippen molar-refractivity contribution < 1.29 is 9.53 Å². The summed E-state index contributed by atoms with van der Waals surface area (Å²) in [6, 6.07) is 13.1. The van der Waals surface area contributed by atoms with Gasteiger partial charge in [-0.25, -0.2) is 9.97 Å². The minimum absolute atomic E-state index is 0.149. The van der Waals surface area contributed by atoms with Crippen molar-refractivity contribution in [3.63, 3.8) is 0 Å². The Morgan fingerprint density at radius 3 is 2.64 bits per heavy atom. The van der Waals surface area contributed by atoms with E-state index in [0.29, 0.717) is 60.7 Å². The van der Waals surface area contributed by atoms with Crippen LogP contribution in [0.4, 0.5) is 23.1 Å². The highest BCUT2D eigenvalue weighted by Crippen LogP contribution is 2.29. The van der Waals surface area contributed by atoms with Crippen molar-refractivity contribution in [3.05, 3.63) is 77.9 Å². The average molecular weight is 484 g/mol. The Balaban J connectivity index is 1.48. The van der Waals surface area contributed by atoms with E-state index in [0.717, 1.165) is 10.9 Å². The van der Waals surface area contributed by atoms with Gasteiger partial charge in [0.1, 0.15) is 5.65 Å². The van der Waals surface area contributed by atoms with E-state index in [1.807, 2.05) is 30.3 Å². The Labute approximate surface area is 207 Å². The van der Waals surface area contributed by atoms with Crippen LogP contribution in [-0.2, 0) is 16.6 Å². The summed E-state index contributed by atoms with van der Waals surface area (Å²) in [5, 5.41) is 6.69. The highest BCUT2D eigenvalue weighted by molar-refractivity contribution is 6.01. The number of amides is 1. The van der Waals surface area contributed by atoms with E-state index >= 15 is 0 Å². The van der Waals surface area contributed by atoms with Gasteiger partial charge in [0.25, 0.3) is 5.56 Å². The molecule has 1 aliphatic rings. The molecule has 1 aromatic carbocycles. The summed E-state index contributed by atoms with van der Waals surface area (Å²) >= 11 is 0. The van der Waals surface area contributed by atoms with Crippen LogP contribution in [0.25, 0.3) is 22.2 Å². The lowest BCUT2D eigenvalue weighted by Crippen LogP contribution is -2.37. The predicted octanol–water partition coefficient (Wildman–Crippen LogP) is 3.10. The van der Waals surface area contributed by atoms with Crippen LogP contribution in [0.1, 0.15) is 0 Å². The van der Waals surface area contributed by atoms with Gasteiger partial charge in [0.05, 0.1) is 30.8 Å². The molecule has 0 aliphatic carbocycles. The molecular weight excluding hydrogens is 458 g/mol. The summed E-state index contributed by atoms with van der Waals surface area (Å²) in [6.07, 6.45) is 4.53. The van der Waals surface area contributed by atoms with Crippen LogP contribution >= 0.6 is 0 Å². The van der Waals surface area contributed by atoms with Crippen LogP contribution in [0.2, 0.25) is 0 Å². The lowest BCUT2D eigenvalue weighted by atomic mass is 10.1. The molecule has 0 spiro atoms. The molecule has 1 amide bonds. The second kappa shape index (κ2) is 9.96. The summed E-state index contributed by atoms with van der Waals surface area (Å²) in [7, 11) is 1.69. The Hall–Kier alpha value is -4.57. The maximum Gasteiger partial charge on any atom is 0.259 e. The van der Waals surface area contributed by atoms with E-state index in [9.17, 15) is 9.59 Å². The fraction of sp³-hybridized carbons (Fsp3) is 0.192. The third-order valence-electron chi connectivity index (χ3n) is 5.91. The number of fused-ring (bicyclic) bond motifs is 1. The highest BCUT2D eigenvalue weighted by Gasteiger charge is 2.18. The van der Waals surface area contributed by atoms with Gasteiger partial charge in [-0.05, 0) is 23.8 Å². The Morgan fingerprint density at radius 1 is 1.11 bits per heavy atom. The number of benzene rings is 1. The van der Waals surface area contributed by atoms with E-state index in [1.165, 1.54) is 10.6 Å². The largest absolute Gasteiger partial charge is 0.378 e. The zero-order valence-electron chi connectivity index (χ0n) is 19.8. The summed E-state index contributed by atoms with van der Waals surface area (Å²) in [6.45, 7) is 6.05. The molecule has 0 saturated carbocycles. The van der Waals surface area contributed by atoms with E-state index in [4.69, 9.17) is 4.74 Å². The SMILES string of the molecule is C=CC(=O)Nc1cc(Nc2ncc3cc(-c4ccccc4)c(=O)n(C)c3n2)cnc1N1CCOCC1. The molecule has 5 rings (SSSR count). The van der Waals surface area contributed by atoms with Crippen molar-refractivity contribution in [2.24, 2.45) is 7.05 Å². The number of pyridine rings is 2. The van der Waals surface area contributed by atoms with Crippen LogP contribution in [-0.4, -0.2) is 51.7 Å². The Bertz CT molecular complexity index is 1500. The minimum atomic E-state index is -0.338. The number of nitrogens with zero attached hydrogens (tertiary/aromatic N) is 5. The highest BCUT2D eigenvalue weighted by atomic mass is 16.5. The van der Waals surface area contributed by atoms with Crippen LogP contribution in [0.3, 0.4) is 0 Å². The second-order valence-corrected chi connectivity index (χ2v) is 8.27. The fourth-order valence-electron chi connectivity index (χ4n) is 4.09. The number of ether oxygens (including phenoxy) is 1. The molecule has 4 heterocycles. The molecule has 182 valence electrons. The number of rotatable bonds is 6. The van der Waals surface area contributed by atoms with Crippen LogP contribution < -0.4 is 21.1 Å². The number of hydrogen-bond donors (Lipinski definition) is 2. The fourth-order valence-corrected chi connectivity index (χ4v) is 4.09. The first-order valence-electron chi connectivity index (χ1n) is 11.5. The Morgan fingerprint density at radius 2 is 1.89 bits per heavy atom. The molecule has 0 unspecified atom stereocenters. The van der Waals surface area contributed by atoms with Crippen molar-refractivity contribution in [3.8, 4) is 11.1 Å². The number of carbonyl (C=O) groups excluding carboxylic acids is 1. The number of hydrogen-bond acceptors (Lipinski definition) is 8. The summed E-state index contributed by atoms with van der Waals surface area (Å²) < 4.78 is 6.94. The Kier molecular flexibility index (Phi) is 6.42. The molecule has 0 radical (unpaired) electrons. The van der Waals surface area contributed by atoms with E-state index in [2.05, 4.69) is 37.1 Å². The van der Waals surface area contributed by atoms with Crippen LogP contribution in [0, 0.1) is 0 Å². The molecule has 3 aromatic heterocycles. The van der Waals surface area contributed by atoms with Gasteiger partial charge in [-0.15, -0.1) is 0 Å². The lowest BCUT2D eigenvalue weighted by Gasteiger charge is -2.29. The zero-order valence-corrected chi connectivity index (χ0v) is 19.8. The maximum atomic E-state index is 13.0. The van der Waals surface area contributed by atoms with E-state index in [-0.39, 0.29) is 11.5 Å². The van der Waals surface area contributed by atoms with Gasteiger partial charge >= 0.3 is 0 Å². The standard InChI is InChI=1S/C26H25N7O3/c1-3-22(34)30-21-14-19(16-27-24(21)33-9-11-36-12-10-33)29-26-28-15-18-13-20(17-7-5-4-6-8-17)25(35)32(2)23(18)31-26/h3-8,13-16H,1,9-12H2,2H3,(H,30,34)(H,28,29,31). The lowest BCUT2D eigenvalue weighted by molar-refractivity contribution is -0.111. The number of aromatic nitrogens is 4. The summed E-state index contributed by atoms with van der Waals surface area (Å²) in [4.78, 5) is 40.7. The normalized spacial score (nSPS) is 13.4. The number of morpholine rings is 1. The van der Waals surface area contributed by atoms with Gasteiger partial charge in [0.2, 0.25) is 11.9 Å². The summed E-state index contributed by atoms with van der Waals surface area (Å²) in [5.74, 6) is 0.607. The van der Waals surface area contributed by atoms with Crippen molar-refractivity contribution >= 4 is 40.1 Å². The molecule has 0 bridgehead atoms. The molecule has 36 heavy (non-hydrogen) atoms. The maximum absolute atomic E-state index is 13.0. The number of carbonyl (C=O) groups is 1. The van der Waals surface area contributed by atoms with Crippen LogP contribution in [0.15, 0.2) is 72.3 Å². The molecule has 10 nitrogen and oxygen atoms in total. The third kappa shape index (κ3) is 4.66. The zero-order chi connectivity index (χ0) is 25.1. The number of nitrogens with one attached hydrogen (secondary N) is 2. The van der Waals surface area contributed by atoms with E-state index in [1.54, 1.807) is 31.6 Å². The average Bonchev–Trinajstić information content (AvgIpc) is 2.92. The van der Waals surface area contributed by atoms with Crippen molar-refractivity contribution in [2.45, 2.75) is 0 Å². The smallest absolute Gasteiger partial charge is 0.259 e. The topological polar surface area (TPSA) is 114 Å². The van der Waals surface area contributed by atoms with Gasteiger partial charge in [-0.2, -0.15) is 4.98 Å².